The summed E-state index contributed by atoms with van der Waals surface area (Å²) in [6.07, 6.45) is 1.01. The zero-order valence-corrected chi connectivity index (χ0v) is 18.8. The van der Waals surface area contributed by atoms with Crippen molar-refractivity contribution in [1.82, 2.24) is 10.2 Å². The number of nitrogens with zero attached hydrogens (tertiary/aromatic N) is 2. The SMILES string of the molecule is C[C@@H]1Cc2ccsc2[C@H](c2cccs2)N1CCNC(=O)c1ccc([N+](=O)[O-])cc1.Cl. The van der Waals surface area contributed by atoms with Crippen molar-refractivity contribution in [3.8, 4) is 0 Å². The van der Waals surface area contributed by atoms with Gasteiger partial charge in [0.15, 0.2) is 0 Å². The summed E-state index contributed by atoms with van der Waals surface area (Å²) >= 11 is 3.57. The van der Waals surface area contributed by atoms with Gasteiger partial charge in [-0.25, -0.2) is 0 Å². The maximum atomic E-state index is 12.4. The molecule has 1 amide bonds. The molecule has 0 spiro atoms. The summed E-state index contributed by atoms with van der Waals surface area (Å²) in [5.41, 5.74) is 1.83. The maximum absolute atomic E-state index is 12.4. The van der Waals surface area contributed by atoms with Crippen molar-refractivity contribution < 1.29 is 9.72 Å². The minimum absolute atomic E-state index is 0. The Balaban J connectivity index is 0.00000256. The molecule has 0 radical (unpaired) electrons. The molecule has 0 unspecified atom stereocenters. The lowest BCUT2D eigenvalue weighted by atomic mass is 9.95. The van der Waals surface area contributed by atoms with Crippen LogP contribution in [0.3, 0.4) is 0 Å². The van der Waals surface area contributed by atoms with Crippen molar-refractivity contribution in [2.75, 3.05) is 13.1 Å². The molecule has 2 atom stereocenters. The number of hydrogen-bond acceptors (Lipinski definition) is 6. The summed E-state index contributed by atoms with van der Waals surface area (Å²) in [4.78, 5) is 27.9. The Labute approximate surface area is 189 Å². The molecule has 6 nitrogen and oxygen atoms in total. The number of nitrogens with one attached hydrogen (secondary N) is 1. The van der Waals surface area contributed by atoms with E-state index < -0.39 is 4.92 Å². The van der Waals surface area contributed by atoms with Crippen molar-refractivity contribution in [3.05, 3.63) is 84.2 Å². The predicted molar refractivity (Wildman–Crippen MR) is 123 cm³/mol. The predicted octanol–water partition coefficient (Wildman–Crippen LogP) is 4.91. The Kier molecular flexibility index (Phi) is 7.25. The topological polar surface area (TPSA) is 75.5 Å². The number of benzene rings is 1. The number of halogens is 1. The molecule has 30 heavy (non-hydrogen) atoms. The third-order valence-electron chi connectivity index (χ3n) is 5.25. The number of hydrogen-bond donors (Lipinski definition) is 1. The molecule has 1 aromatic carbocycles. The molecule has 0 aliphatic carbocycles. The van der Waals surface area contributed by atoms with Crippen molar-refractivity contribution in [1.29, 1.82) is 0 Å². The summed E-state index contributed by atoms with van der Waals surface area (Å²) in [6.45, 7) is 3.49. The van der Waals surface area contributed by atoms with Gasteiger partial charge in [-0.3, -0.25) is 19.8 Å². The van der Waals surface area contributed by atoms with E-state index in [-0.39, 0.29) is 30.0 Å². The van der Waals surface area contributed by atoms with Crippen LogP contribution >= 0.6 is 35.1 Å². The van der Waals surface area contributed by atoms with E-state index in [9.17, 15) is 14.9 Å². The first kappa shape index (κ1) is 22.4. The molecular weight excluding hydrogens is 442 g/mol. The number of thiophene rings is 2. The smallest absolute Gasteiger partial charge is 0.269 e. The first-order valence-corrected chi connectivity index (χ1v) is 11.2. The van der Waals surface area contributed by atoms with Crippen LogP contribution < -0.4 is 5.32 Å². The van der Waals surface area contributed by atoms with Gasteiger partial charge in [0.2, 0.25) is 0 Å². The molecule has 0 bridgehead atoms. The van der Waals surface area contributed by atoms with Crippen LogP contribution in [0.1, 0.15) is 38.6 Å². The highest BCUT2D eigenvalue weighted by Gasteiger charge is 2.34. The number of carbonyl (C=O) groups is 1. The standard InChI is InChI=1S/C21H21N3O3S2.ClH/c1-14-13-16-8-12-29-20(16)19(18-3-2-11-28-18)23(14)10-9-22-21(25)15-4-6-17(7-5-15)24(26)27;/h2-8,11-12,14,19H,9-10,13H2,1H3,(H,22,25);1H/t14-,19+;/m1./s1. The molecule has 0 saturated heterocycles. The molecule has 1 aliphatic rings. The van der Waals surface area contributed by atoms with E-state index in [0.29, 0.717) is 18.2 Å². The molecule has 2 aromatic heterocycles. The van der Waals surface area contributed by atoms with Crippen LogP contribution in [0.5, 0.6) is 0 Å². The van der Waals surface area contributed by atoms with E-state index in [1.165, 1.54) is 39.6 Å². The van der Waals surface area contributed by atoms with Gasteiger partial charge in [0.1, 0.15) is 0 Å². The normalized spacial score (nSPS) is 18.3. The Morgan fingerprint density at radius 3 is 2.63 bits per heavy atom. The van der Waals surface area contributed by atoms with E-state index in [1.54, 1.807) is 22.7 Å². The average Bonchev–Trinajstić information content (AvgIpc) is 3.40. The van der Waals surface area contributed by atoms with Crippen molar-refractivity contribution in [2.45, 2.75) is 25.4 Å². The number of nitro groups is 1. The fourth-order valence-electron chi connectivity index (χ4n) is 3.82. The largest absolute Gasteiger partial charge is 0.351 e. The number of nitro benzene ring substituents is 1. The number of amides is 1. The molecule has 1 aliphatic heterocycles. The van der Waals surface area contributed by atoms with Crippen molar-refractivity contribution in [2.24, 2.45) is 0 Å². The first-order valence-electron chi connectivity index (χ1n) is 9.42. The molecule has 3 heterocycles. The van der Waals surface area contributed by atoms with Gasteiger partial charge in [0.05, 0.1) is 11.0 Å². The molecule has 1 N–H and O–H groups in total. The summed E-state index contributed by atoms with van der Waals surface area (Å²) in [7, 11) is 0. The van der Waals surface area contributed by atoms with Gasteiger partial charge in [0, 0.05) is 46.6 Å². The van der Waals surface area contributed by atoms with Crippen molar-refractivity contribution in [3.63, 3.8) is 0 Å². The zero-order valence-electron chi connectivity index (χ0n) is 16.3. The highest BCUT2D eigenvalue weighted by molar-refractivity contribution is 7.11. The van der Waals surface area contributed by atoms with Crippen LogP contribution in [-0.2, 0) is 6.42 Å². The van der Waals surface area contributed by atoms with Gasteiger partial charge in [-0.1, -0.05) is 6.07 Å². The molecular formula is C21H22ClN3O3S2. The highest BCUT2D eigenvalue weighted by Crippen LogP contribution is 2.41. The van der Waals surface area contributed by atoms with Gasteiger partial charge in [0.25, 0.3) is 11.6 Å². The van der Waals surface area contributed by atoms with Crippen LogP contribution in [0.4, 0.5) is 5.69 Å². The summed E-state index contributed by atoms with van der Waals surface area (Å²) in [6, 6.07) is 12.8. The van der Waals surface area contributed by atoms with Gasteiger partial charge < -0.3 is 5.32 Å². The minimum atomic E-state index is -0.469. The maximum Gasteiger partial charge on any atom is 0.269 e. The van der Waals surface area contributed by atoms with E-state index >= 15 is 0 Å². The second kappa shape index (κ2) is 9.70. The zero-order chi connectivity index (χ0) is 20.4. The van der Waals surface area contributed by atoms with Gasteiger partial charge in [-0.2, -0.15) is 0 Å². The molecule has 0 fully saturated rings. The van der Waals surface area contributed by atoms with Gasteiger partial charge in [-0.05, 0) is 53.9 Å². The Bertz CT molecular complexity index is 1000. The Morgan fingerprint density at radius 1 is 1.20 bits per heavy atom. The van der Waals surface area contributed by atoms with E-state index in [0.717, 1.165) is 13.0 Å². The van der Waals surface area contributed by atoms with Gasteiger partial charge >= 0.3 is 0 Å². The molecule has 9 heteroatoms. The monoisotopic (exact) mass is 463 g/mol. The van der Waals surface area contributed by atoms with Crippen LogP contribution in [0, 0.1) is 10.1 Å². The number of rotatable bonds is 6. The van der Waals surface area contributed by atoms with E-state index in [4.69, 9.17) is 0 Å². The Morgan fingerprint density at radius 2 is 1.97 bits per heavy atom. The van der Waals surface area contributed by atoms with Crippen LogP contribution in [0.15, 0.2) is 53.2 Å². The summed E-state index contributed by atoms with van der Waals surface area (Å²) < 4.78 is 0. The summed E-state index contributed by atoms with van der Waals surface area (Å²) in [5.74, 6) is -0.214. The number of fused-ring (bicyclic) bond motifs is 1. The molecule has 4 rings (SSSR count). The highest BCUT2D eigenvalue weighted by atomic mass is 35.5. The van der Waals surface area contributed by atoms with E-state index in [2.05, 4.69) is 46.1 Å². The van der Waals surface area contributed by atoms with E-state index in [1.807, 2.05) is 0 Å². The molecule has 0 saturated carbocycles. The number of non-ortho nitro benzene ring substituents is 1. The fraction of sp³-hybridized carbons (Fsp3) is 0.286. The van der Waals surface area contributed by atoms with Gasteiger partial charge in [-0.15, -0.1) is 35.1 Å². The lowest BCUT2D eigenvalue weighted by Crippen LogP contribution is -2.45. The minimum Gasteiger partial charge on any atom is -0.351 e. The van der Waals surface area contributed by atoms with Crippen LogP contribution in [0.2, 0.25) is 0 Å². The lowest BCUT2D eigenvalue weighted by molar-refractivity contribution is -0.384. The summed E-state index contributed by atoms with van der Waals surface area (Å²) in [5, 5.41) is 18.0. The number of carbonyl (C=O) groups excluding carboxylic acids is 1. The Hall–Kier alpha value is -2.26. The third-order valence-corrected chi connectivity index (χ3v) is 7.19. The fourth-order valence-corrected chi connectivity index (χ4v) is 5.82. The van der Waals surface area contributed by atoms with Crippen LogP contribution in [-0.4, -0.2) is 34.9 Å². The lowest BCUT2D eigenvalue weighted by Gasteiger charge is -2.40. The average molecular weight is 464 g/mol. The molecule has 158 valence electrons. The first-order chi connectivity index (χ1) is 14.0. The third kappa shape index (κ3) is 4.57. The van der Waals surface area contributed by atoms with Crippen LogP contribution in [0.25, 0.3) is 0 Å². The van der Waals surface area contributed by atoms with Crippen molar-refractivity contribution >= 4 is 46.7 Å². The molecule has 3 aromatic rings. The second-order valence-corrected chi connectivity index (χ2v) is 9.01. The quantitative estimate of drug-likeness (QED) is 0.416. The second-order valence-electron chi connectivity index (χ2n) is 7.08.